The average Bonchev–Trinajstić information content (AvgIpc) is 2.91. The fraction of sp³-hybridized carbons (Fsp3) is 0.357. The lowest BCUT2D eigenvalue weighted by Crippen LogP contribution is -2.43. The number of methoxy groups -OCH3 is 4. The van der Waals surface area contributed by atoms with Gasteiger partial charge >= 0.3 is 0 Å². The molecular weight excluding hydrogens is 460 g/mol. The first-order valence-corrected chi connectivity index (χ1v) is 11.9. The van der Waals surface area contributed by atoms with Gasteiger partial charge in [-0.25, -0.2) is 0 Å². The molecule has 8 nitrogen and oxygen atoms in total. The number of benzene rings is 2. The van der Waals surface area contributed by atoms with E-state index < -0.39 is 0 Å². The van der Waals surface area contributed by atoms with Crippen LogP contribution in [0.4, 0.5) is 0 Å². The van der Waals surface area contributed by atoms with Crippen molar-refractivity contribution >= 4 is 24.0 Å². The van der Waals surface area contributed by atoms with Crippen molar-refractivity contribution in [3.05, 3.63) is 59.7 Å². The highest BCUT2D eigenvalue weighted by molar-refractivity contribution is 5.92. The van der Waals surface area contributed by atoms with Gasteiger partial charge in [-0.15, -0.1) is 0 Å². The van der Waals surface area contributed by atoms with Crippen LogP contribution in [-0.4, -0.2) is 52.3 Å². The van der Waals surface area contributed by atoms with Crippen LogP contribution in [0.25, 0.3) is 12.2 Å². The van der Waals surface area contributed by atoms with Crippen molar-refractivity contribution in [2.75, 3.05) is 28.4 Å². The number of rotatable bonds is 10. The van der Waals surface area contributed by atoms with E-state index in [9.17, 15) is 9.59 Å². The molecule has 3 rings (SSSR count). The second kappa shape index (κ2) is 13.2. The monoisotopic (exact) mass is 494 g/mol. The fourth-order valence-electron chi connectivity index (χ4n) is 4.14. The Balaban J connectivity index is 1.43. The topological polar surface area (TPSA) is 95.1 Å². The van der Waals surface area contributed by atoms with Crippen LogP contribution >= 0.6 is 0 Å². The lowest BCUT2D eigenvalue weighted by Gasteiger charge is -2.29. The minimum atomic E-state index is -0.143. The summed E-state index contributed by atoms with van der Waals surface area (Å²) in [6, 6.07) is 11.1. The third-order valence-electron chi connectivity index (χ3n) is 6.09. The van der Waals surface area contributed by atoms with Gasteiger partial charge in [0.1, 0.15) is 0 Å². The molecule has 36 heavy (non-hydrogen) atoms. The highest BCUT2D eigenvalue weighted by Crippen LogP contribution is 2.29. The molecular formula is C28H34N2O6. The summed E-state index contributed by atoms with van der Waals surface area (Å²) in [5, 5.41) is 6.10. The van der Waals surface area contributed by atoms with Crippen LogP contribution in [0, 0.1) is 0 Å². The Labute approximate surface area is 212 Å². The van der Waals surface area contributed by atoms with E-state index in [2.05, 4.69) is 10.6 Å². The Bertz CT molecular complexity index is 1020. The summed E-state index contributed by atoms with van der Waals surface area (Å²) < 4.78 is 21.1. The Morgan fingerprint density at radius 1 is 0.639 bits per heavy atom. The number of nitrogens with one attached hydrogen (secondary N) is 2. The van der Waals surface area contributed by atoms with Crippen LogP contribution in [0.15, 0.2) is 48.6 Å². The van der Waals surface area contributed by atoms with Crippen LogP contribution in [0.5, 0.6) is 23.0 Å². The second-order valence-corrected chi connectivity index (χ2v) is 8.46. The van der Waals surface area contributed by atoms with Gasteiger partial charge in [0.15, 0.2) is 23.0 Å². The van der Waals surface area contributed by atoms with Crippen molar-refractivity contribution in [1.29, 1.82) is 0 Å². The second-order valence-electron chi connectivity index (χ2n) is 8.46. The zero-order valence-electron chi connectivity index (χ0n) is 21.2. The fourth-order valence-corrected chi connectivity index (χ4v) is 4.14. The van der Waals surface area contributed by atoms with Gasteiger partial charge in [-0.2, -0.15) is 0 Å². The summed E-state index contributed by atoms with van der Waals surface area (Å²) in [4.78, 5) is 24.8. The molecule has 0 heterocycles. The minimum absolute atomic E-state index is 0.0861. The molecule has 0 unspecified atom stereocenters. The van der Waals surface area contributed by atoms with Crippen LogP contribution < -0.4 is 29.6 Å². The largest absolute Gasteiger partial charge is 0.493 e. The average molecular weight is 495 g/mol. The first kappa shape index (κ1) is 26.7. The van der Waals surface area contributed by atoms with Gasteiger partial charge in [-0.3, -0.25) is 9.59 Å². The quantitative estimate of drug-likeness (QED) is 0.485. The zero-order valence-corrected chi connectivity index (χ0v) is 21.2. The van der Waals surface area contributed by atoms with Crippen molar-refractivity contribution in [3.63, 3.8) is 0 Å². The molecule has 2 aromatic carbocycles. The van der Waals surface area contributed by atoms with E-state index in [1.807, 2.05) is 24.3 Å². The molecule has 2 N–H and O–H groups in total. The third-order valence-corrected chi connectivity index (χ3v) is 6.09. The van der Waals surface area contributed by atoms with E-state index in [1.165, 1.54) is 12.2 Å². The molecule has 2 aromatic rings. The molecule has 8 heteroatoms. The Hall–Kier alpha value is -3.94. The molecule has 0 atom stereocenters. The molecule has 0 saturated heterocycles. The van der Waals surface area contributed by atoms with Gasteiger partial charge in [-0.1, -0.05) is 12.1 Å². The van der Waals surface area contributed by atoms with Crippen molar-refractivity contribution in [3.8, 4) is 23.0 Å². The Morgan fingerprint density at radius 2 is 1.00 bits per heavy atom. The Kier molecular flexibility index (Phi) is 9.80. The first-order chi connectivity index (χ1) is 17.4. The van der Waals surface area contributed by atoms with Crippen LogP contribution in [0.2, 0.25) is 0 Å². The lowest BCUT2D eigenvalue weighted by atomic mass is 9.91. The van der Waals surface area contributed by atoms with E-state index in [1.54, 1.807) is 52.7 Å². The van der Waals surface area contributed by atoms with Crippen molar-refractivity contribution in [2.45, 2.75) is 37.8 Å². The van der Waals surface area contributed by atoms with E-state index in [0.29, 0.717) is 23.0 Å². The number of amides is 2. The molecule has 0 spiro atoms. The van der Waals surface area contributed by atoms with Crippen LogP contribution in [0.1, 0.15) is 36.8 Å². The predicted molar refractivity (Wildman–Crippen MR) is 139 cm³/mol. The molecule has 1 saturated carbocycles. The van der Waals surface area contributed by atoms with Crippen molar-refractivity contribution in [1.82, 2.24) is 10.6 Å². The SMILES string of the molecule is COc1ccc(C=CC(=O)NC2CCC(NC(=O)C=Cc3ccc(OC)c(OC)c3)CC2)cc1OC. The predicted octanol–water partition coefficient (Wildman–Crippen LogP) is 3.99. The first-order valence-electron chi connectivity index (χ1n) is 11.9. The van der Waals surface area contributed by atoms with Gasteiger partial charge in [-0.05, 0) is 73.2 Å². The van der Waals surface area contributed by atoms with E-state index in [-0.39, 0.29) is 23.9 Å². The minimum Gasteiger partial charge on any atom is -0.493 e. The molecule has 0 aromatic heterocycles. The van der Waals surface area contributed by atoms with Crippen molar-refractivity contribution in [2.24, 2.45) is 0 Å². The smallest absolute Gasteiger partial charge is 0.244 e. The molecule has 2 amide bonds. The number of ether oxygens (including phenoxy) is 4. The summed E-state index contributed by atoms with van der Waals surface area (Å²) in [5.41, 5.74) is 1.69. The van der Waals surface area contributed by atoms with Crippen molar-refractivity contribution < 1.29 is 28.5 Å². The van der Waals surface area contributed by atoms with Crippen LogP contribution in [0.3, 0.4) is 0 Å². The normalized spacial score (nSPS) is 17.6. The maximum Gasteiger partial charge on any atom is 0.244 e. The van der Waals surface area contributed by atoms with E-state index in [4.69, 9.17) is 18.9 Å². The Morgan fingerprint density at radius 3 is 1.33 bits per heavy atom. The van der Waals surface area contributed by atoms with Gasteiger partial charge in [0, 0.05) is 24.2 Å². The molecule has 1 fully saturated rings. The lowest BCUT2D eigenvalue weighted by molar-refractivity contribution is -0.118. The zero-order chi connectivity index (χ0) is 25.9. The summed E-state index contributed by atoms with van der Waals surface area (Å²) >= 11 is 0. The maximum absolute atomic E-state index is 12.4. The van der Waals surface area contributed by atoms with Gasteiger partial charge in [0.05, 0.1) is 28.4 Å². The van der Waals surface area contributed by atoms with E-state index in [0.717, 1.165) is 36.8 Å². The van der Waals surface area contributed by atoms with Gasteiger partial charge in [0.2, 0.25) is 11.8 Å². The third kappa shape index (κ3) is 7.53. The van der Waals surface area contributed by atoms with Gasteiger partial charge < -0.3 is 29.6 Å². The summed E-state index contributed by atoms with van der Waals surface area (Å²) in [7, 11) is 6.31. The number of carbonyl (C=O) groups excluding carboxylic acids is 2. The molecule has 1 aliphatic rings. The standard InChI is InChI=1S/C28H34N2O6/c1-33-23-13-5-19(17-25(23)35-3)7-15-27(31)29-21-9-11-22(12-10-21)30-28(32)16-8-20-6-14-24(34-2)26(18-20)36-4/h5-8,13-18,21-22H,9-12H2,1-4H3,(H,29,31)(H,30,32). The summed E-state index contributed by atoms with van der Waals surface area (Å²) in [6.07, 6.45) is 9.75. The molecule has 0 radical (unpaired) electrons. The van der Waals surface area contributed by atoms with Gasteiger partial charge in [0.25, 0.3) is 0 Å². The number of hydrogen-bond acceptors (Lipinski definition) is 6. The number of hydrogen-bond donors (Lipinski definition) is 2. The molecule has 1 aliphatic carbocycles. The van der Waals surface area contributed by atoms with E-state index >= 15 is 0 Å². The maximum atomic E-state index is 12.4. The summed E-state index contributed by atoms with van der Waals surface area (Å²) in [5.74, 6) is 2.21. The van der Waals surface area contributed by atoms with Crippen LogP contribution in [-0.2, 0) is 9.59 Å². The molecule has 192 valence electrons. The highest BCUT2D eigenvalue weighted by Gasteiger charge is 2.22. The highest BCUT2D eigenvalue weighted by atomic mass is 16.5. The number of carbonyl (C=O) groups is 2. The summed E-state index contributed by atoms with van der Waals surface area (Å²) in [6.45, 7) is 0. The molecule has 0 aliphatic heterocycles. The molecule has 0 bridgehead atoms.